The van der Waals surface area contributed by atoms with Crippen LogP contribution in [0.5, 0.6) is 0 Å². The Balaban J connectivity index is 2.45. The van der Waals surface area contributed by atoms with E-state index in [1.54, 1.807) is 39.6 Å². The quantitative estimate of drug-likeness (QED) is 0.264. The van der Waals surface area contributed by atoms with Gasteiger partial charge in [0.1, 0.15) is 6.10 Å². The van der Waals surface area contributed by atoms with E-state index in [-0.39, 0.29) is 24.0 Å². The molecule has 0 radical (unpaired) electrons. The van der Waals surface area contributed by atoms with Crippen molar-refractivity contribution in [2.24, 2.45) is 11.8 Å². The van der Waals surface area contributed by atoms with Crippen molar-refractivity contribution in [3.8, 4) is 11.8 Å². The molecule has 0 saturated carbocycles. The number of amides is 1. The fraction of sp³-hybridized carbons (Fsp3) is 0.625. The summed E-state index contributed by atoms with van der Waals surface area (Å²) in [5.41, 5.74) is 0.747. The van der Waals surface area contributed by atoms with Crippen LogP contribution in [0.2, 0.25) is 0 Å². The molecular formula is C24H36NO5P. The van der Waals surface area contributed by atoms with Crippen LogP contribution >= 0.6 is 7.82 Å². The molecule has 2 unspecified atom stereocenters. The highest BCUT2D eigenvalue weighted by Gasteiger charge is 2.47. The molecular weight excluding hydrogens is 413 g/mol. The molecule has 6 nitrogen and oxygen atoms in total. The van der Waals surface area contributed by atoms with Gasteiger partial charge in [-0.05, 0) is 39.7 Å². The number of rotatable bonds is 10. The van der Waals surface area contributed by atoms with Gasteiger partial charge >= 0.3 is 7.82 Å². The number of likely N-dealkylation sites (tertiary alicyclic amines) is 1. The molecule has 3 atom stereocenters. The van der Waals surface area contributed by atoms with E-state index in [0.29, 0.717) is 6.54 Å². The molecule has 0 spiro atoms. The number of benzene rings is 1. The van der Waals surface area contributed by atoms with E-state index in [1.807, 2.05) is 30.3 Å². The summed E-state index contributed by atoms with van der Waals surface area (Å²) in [5.74, 6) is 5.59. The van der Waals surface area contributed by atoms with Gasteiger partial charge in [0.25, 0.3) is 0 Å². The summed E-state index contributed by atoms with van der Waals surface area (Å²) in [6.45, 7) is 9.72. The Morgan fingerprint density at radius 3 is 2.26 bits per heavy atom. The molecule has 1 fully saturated rings. The zero-order chi connectivity index (χ0) is 23.0. The Kier molecular flexibility index (Phi) is 9.78. The topological polar surface area (TPSA) is 65.1 Å². The zero-order valence-corrected chi connectivity index (χ0v) is 20.4. The number of unbranched alkanes of at least 4 members (excludes halogenated alkanes) is 2. The predicted octanol–water partition coefficient (Wildman–Crippen LogP) is 5.60. The fourth-order valence-electron chi connectivity index (χ4n) is 3.58. The number of phosphoric ester groups is 1. The molecule has 1 saturated heterocycles. The van der Waals surface area contributed by atoms with Gasteiger partial charge in [0.05, 0.1) is 24.0 Å². The minimum Gasteiger partial charge on any atom is -0.344 e. The highest BCUT2D eigenvalue weighted by molar-refractivity contribution is 7.48. The first-order valence-electron chi connectivity index (χ1n) is 11.1. The molecule has 0 bridgehead atoms. The van der Waals surface area contributed by atoms with Crippen molar-refractivity contribution in [2.45, 2.75) is 72.2 Å². The van der Waals surface area contributed by atoms with Gasteiger partial charge in [-0.15, -0.1) is 5.92 Å². The third-order valence-corrected chi connectivity index (χ3v) is 6.73. The highest BCUT2D eigenvalue weighted by atomic mass is 31.2. The minimum atomic E-state index is -3.93. The second kappa shape index (κ2) is 11.8. The van der Waals surface area contributed by atoms with Crippen LogP contribution in [0.4, 0.5) is 0 Å². The number of carbonyl (C=O) groups is 1. The standard InChI is InChI=1S/C24H36NO5P/c1-7-8-9-11-16-21-17-25(6)24(26)22(21)23(20-14-12-10-13-15-20)30-31(27,28-18(2)3)29-19(4)5/h10,12-15,18-19,21-23H,7-9,17H2,1-6H3/t21-,22?,23?/m1/s1. The van der Waals surface area contributed by atoms with E-state index in [9.17, 15) is 9.36 Å². The normalized spacial score (nSPS) is 20.3. The summed E-state index contributed by atoms with van der Waals surface area (Å²) >= 11 is 0. The molecule has 1 heterocycles. The molecule has 31 heavy (non-hydrogen) atoms. The maximum Gasteiger partial charge on any atom is 0.475 e. The highest BCUT2D eigenvalue weighted by Crippen LogP contribution is 2.57. The van der Waals surface area contributed by atoms with Gasteiger partial charge in [0.15, 0.2) is 0 Å². The maximum absolute atomic E-state index is 13.5. The molecule has 1 aromatic rings. The summed E-state index contributed by atoms with van der Waals surface area (Å²) in [6.07, 6.45) is 1.35. The van der Waals surface area contributed by atoms with Crippen molar-refractivity contribution < 1.29 is 22.9 Å². The largest absolute Gasteiger partial charge is 0.475 e. The Morgan fingerprint density at radius 1 is 1.10 bits per heavy atom. The summed E-state index contributed by atoms with van der Waals surface area (Å²) in [7, 11) is -2.17. The molecule has 172 valence electrons. The molecule has 7 heteroatoms. The van der Waals surface area contributed by atoms with Crippen LogP contribution in [0.25, 0.3) is 0 Å². The first-order valence-corrected chi connectivity index (χ1v) is 12.6. The lowest BCUT2D eigenvalue weighted by Crippen LogP contribution is -2.29. The monoisotopic (exact) mass is 449 g/mol. The Morgan fingerprint density at radius 2 is 1.71 bits per heavy atom. The number of hydrogen-bond acceptors (Lipinski definition) is 5. The Labute approximate surface area is 187 Å². The van der Waals surface area contributed by atoms with E-state index in [2.05, 4.69) is 18.8 Å². The summed E-state index contributed by atoms with van der Waals surface area (Å²) in [4.78, 5) is 14.8. The average Bonchev–Trinajstić information content (AvgIpc) is 2.96. The van der Waals surface area contributed by atoms with Gasteiger partial charge in [-0.3, -0.25) is 18.4 Å². The van der Waals surface area contributed by atoms with Gasteiger partial charge < -0.3 is 4.90 Å². The van der Waals surface area contributed by atoms with Crippen LogP contribution < -0.4 is 0 Å². The van der Waals surface area contributed by atoms with Crippen LogP contribution in [0.1, 0.15) is 65.5 Å². The number of carbonyl (C=O) groups excluding carboxylic acids is 1. The average molecular weight is 450 g/mol. The first-order chi connectivity index (χ1) is 14.7. The molecule has 1 aliphatic rings. The van der Waals surface area contributed by atoms with Crippen LogP contribution in [0, 0.1) is 23.7 Å². The molecule has 2 rings (SSSR count). The molecule has 1 amide bonds. The van der Waals surface area contributed by atoms with Crippen molar-refractivity contribution in [2.75, 3.05) is 13.6 Å². The minimum absolute atomic E-state index is 0.0794. The van der Waals surface area contributed by atoms with E-state index in [4.69, 9.17) is 13.6 Å². The molecule has 0 aromatic heterocycles. The molecule has 1 aromatic carbocycles. The van der Waals surface area contributed by atoms with Crippen LogP contribution in [-0.2, 0) is 22.9 Å². The van der Waals surface area contributed by atoms with Crippen LogP contribution in [-0.4, -0.2) is 36.6 Å². The van der Waals surface area contributed by atoms with Crippen LogP contribution in [0.3, 0.4) is 0 Å². The van der Waals surface area contributed by atoms with Crippen molar-refractivity contribution >= 4 is 13.7 Å². The van der Waals surface area contributed by atoms with E-state index >= 15 is 0 Å². The fourth-order valence-corrected chi connectivity index (χ4v) is 5.29. The molecule has 1 aliphatic heterocycles. The summed E-state index contributed by atoms with van der Waals surface area (Å²) in [6, 6.07) is 9.36. The number of phosphoric acid groups is 1. The Bertz CT molecular complexity index is 800. The van der Waals surface area contributed by atoms with Crippen molar-refractivity contribution in [1.29, 1.82) is 0 Å². The van der Waals surface area contributed by atoms with E-state index in [0.717, 1.165) is 24.8 Å². The summed E-state index contributed by atoms with van der Waals surface area (Å²) < 4.78 is 30.9. The van der Waals surface area contributed by atoms with Gasteiger partial charge in [0, 0.05) is 20.0 Å². The first kappa shape index (κ1) is 25.6. The lowest BCUT2D eigenvalue weighted by atomic mass is 9.87. The van der Waals surface area contributed by atoms with E-state index < -0.39 is 19.8 Å². The van der Waals surface area contributed by atoms with E-state index in [1.165, 1.54) is 0 Å². The molecule has 0 N–H and O–H groups in total. The maximum atomic E-state index is 13.5. The lowest BCUT2D eigenvalue weighted by Gasteiger charge is -2.30. The third-order valence-electron chi connectivity index (χ3n) is 4.88. The zero-order valence-electron chi connectivity index (χ0n) is 19.5. The number of nitrogens with zero attached hydrogens (tertiary/aromatic N) is 1. The van der Waals surface area contributed by atoms with Gasteiger partial charge in [-0.25, -0.2) is 4.57 Å². The third kappa shape index (κ3) is 7.47. The smallest absolute Gasteiger partial charge is 0.344 e. The van der Waals surface area contributed by atoms with Crippen molar-refractivity contribution in [3.05, 3.63) is 35.9 Å². The van der Waals surface area contributed by atoms with Crippen molar-refractivity contribution in [1.82, 2.24) is 4.90 Å². The second-order valence-electron chi connectivity index (χ2n) is 8.47. The predicted molar refractivity (Wildman–Crippen MR) is 122 cm³/mol. The summed E-state index contributed by atoms with van der Waals surface area (Å²) in [5, 5.41) is 0. The van der Waals surface area contributed by atoms with Gasteiger partial charge in [0.2, 0.25) is 5.91 Å². The SMILES string of the molecule is CCCCC#C[C@@H]1CN(C)C(=O)C1C(OP(=O)(OC(C)C)OC(C)C)c1ccccc1. The Hall–Kier alpha value is -1.64. The lowest BCUT2D eigenvalue weighted by molar-refractivity contribution is -0.133. The van der Waals surface area contributed by atoms with Gasteiger partial charge in [-0.1, -0.05) is 49.6 Å². The molecule has 0 aliphatic carbocycles. The van der Waals surface area contributed by atoms with Gasteiger partial charge in [-0.2, -0.15) is 0 Å². The van der Waals surface area contributed by atoms with Crippen LogP contribution in [0.15, 0.2) is 30.3 Å². The van der Waals surface area contributed by atoms with Crippen molar-refractivity contribution in [3.63, 3.8) is 0 Å². The number of hydrogen-bond donors (Lipinski definition) is 0. The second-order valence-corrected chi connectivity index (χ2v) is 9.99.